The van der Waals surface area contributed by atoms with Gasteiger partial charge in [0.2, 0.25) is 5.91 Å². The normalized spacial score (nSPS) is 26.5. The zero-order valence-corrected chi connectivity index (χ0v) is 16.8. The largest absolute Gasteiger partial charge is 0.376 e. The summed E-state index contributed by atoms with van der Waals surface area (Å²) in [6.07, 6.45) is 5.44. The van der Waals surface area contributed by atoms with E-state index in [1.165, 1.54) is 4.88 Å². The zero-order valence-electron chi connectivity index (χ0n) is 15.3. The topological polar surface area (TPSA) is 76.7 Å². The highest BCUT2D eigenvalue weighted by molar-refractivity contribution is 7.10. The molecule has 2 aromatic rings. The average Bonchev–Trinajstić information content (AvgIpc) is 3.39. The Morgan fingerprint density at radius 2 is 2.14 bits per heavy atom. The van der Waals surface area contributed by atoms with Crippen molar-refractivity contribution in [3.63, 3.8) is 0 Å². The zero-order chi connectivity index (χ0) is 19.7. The van der Waals surface area contributed by atoms with Crippen molar-refractivity contribution in [1.29, 1.82) is 0 Å². The number of nitrogens with two attached hydrogens (primary N) is 1. The van der Waals surface area contributed by atoms with E-state index in [1.54, 1.807) is 36.7 Å². The van der Waals surface area contributed by atoms with Gasteiger partial charge in [0.25, 0.3) is 0 Å². The Morgan fingerprint density at radius 1 is 1.36 bits per heavy atom. The Kier molecular flexibility index (Phi) is 5.10. The summed E-state index contributed by atoms with van der Waals surface area (Å²) in [7, 11) is 1.55. The number of nitrogens with zero attached hydrogens (tertiary/aromatic N) is 1. The highest BCUT2D eigenvalue weighted by Crippen LogP contribution is 2.38. The molecule has 1 amide bonds. The van der Waals surface area contributed by atoms with Crippen LogP contribution in [0.15, 0.2) is 70.1 Å². The Balaban J connectivity index is 1.62. The van der Waals surface area contributed by atoms with Crippen molar-refractivity contribution in [2.75, 3.05) is 7.11 Å². The molecule has 2 heterocycles. The number of hydrazone groups is 1. The molecule has 1 aromatic carbocycles. The van der Waals surface area contributed by atoms with E-state index in [1.807, 2.05) is 30.3 Å². The number of amides is 1. The van der Waals surface area contributed by atoms with Crippen LogP contribution >= 0.6 is 22.9 Å². The van der Waals surface area contributed by atoms with Gasteiger partial charge in [-0.15, -0.1) is 11.3 Å². The molecule has 3 unspecified atom stereocenters. The summed E-state index contributed by atoms with van der Waals surface area (Å²) in [5, 5.41) is 7.02. The summed E-state index contributed by atoms with van der Waals surface area (Å²) in [5.74, 6) is -0.507. The smallest absolute Gasteiger partial charge is 0.235 e. The van der Waals surface area contributed by atoms with Crippen LogP contribution in [0.5, 0.6) is 0 Å². The van der Waals surface area contributed by atoms with Gasteiger partial charge in [-0.3, -0.25) is 4.79 Å². The van der Waals surface area contributed by atoms with Crippen LogP contribution in [0.1, 0.15) is 28.5 Å². The Morgan fingerprint density at radius 3 is 2.79 bits per heavy atom. The second-order valence-corrected chi connectivity index (χ2v) is 8.23. The number of primary amides is 1. The number of allylic oxidation sites excluding steroid dienone is 2. The van der Waals surface area contributed by atoms with Gasteiger partial charge < -0.3 is 15.9 Å². The lowest BCUT2D eigenvalue weighted by atomic mass is 9.72. The van der Waals surface area contributed by atoms with E-state index in [9.17, 15) is 4.79 Å². The molecule has 1 aromatic heterocycles. The summed E-state index contributed by atoms with van der Waals surface area (Å²) in [6, 6.07) is 12.1. The molecule has 0 radical (unpaired) electrons. The Hall–Kier alpha value is -2.41. The first-order valence-electron chi connectivity index (χ1n) is 8.90. The van der Waals surface area contributed by atoms with Crippen molar-refractivity contribution >= 4 is 34.6 Å². The third-order valence-corrected chi connectivity index (χ3v) is 6.46. The first kappa shape index (κ1) is 18.9. The Bertz CT molecular complexity index is 966. The predicted molar refractivity (Wildman–Crippen MR) is 113 cm³/mol. The molecule has 0 spiro atoms. The van der Waals surface area contributed by atoms with Gasteiger partial charge >= 0.3 is 0 Å². The number of nitrogens with one attached hydrogen (secondary N) is 1. The number of carbonyl (C=O) groups is 1. The van der Waals surface area contributed by atoms with E-state index in [4.69, 9.17) is 22.1 Å². The average molecular weight is 414 g/mol. The lowest BCUT2D eigenvalue weighted by Gasteiger charge is -2.35. The number of thiophene rings is 1. The van der Waals surface area contributed by atoms with Gasteiger partial charge in [-0.2, -0.15) is 5.10 Å². The molecule has 3 atom stereocenters. The number of ether oxygens (including phenoxy) is 1. The number of methoxy groups -OCH3 is 1. The number of halogens is 1. The van der Waals surface area contributed by atoms with Crippen molar-refractivity contribution < 1.29 is 9.53 Å². The SMILES string of the molecule is COC1C=CC(Cl)=CC1(C(N)=O)c1ccc(C2=NNC(c3cccs3)C2)cc1. The first-order valence-corrected chi connectivity index (χ1v) is 10.2. The molecule has 0 fully saturated rings. The minimum Gasteiger partial charge on any atom is -0.376 e. The minimum atomic E-state index is -1.14. The molecule has 0 bridgehead atoms. The molecule has 1 aliphatic carbocycles. The molecule has 0 saturated carbocycles. The maximum absolute atomic E-state index is 12.5. The number of hydrogen-bond donors (Lipinski definition) is 2. The van der Waals surface area contributed by atoms with Crippen molar-refractivity contribution in [1.82, 2.24) is 5.43 Å². The lowest BCUT2D eigenvalue weighted by molar-refractivity contribution is -0.125. The fourth-order valence-electron chi connectivity index (χ4n) is 3.76. The number of carbonyl (C=O) groups excluding carboxylic acids is 1. The molecule has 28 heavy (non-hydrogen) atoms. The van der Waals surface area contributed by atoms with Gasteiger partial charge in [0.15, 0.2) is 0 Å². The summed E-state index contributed by atoms with van der Waals surface area (Å²) in [6.45, 7) is 0. The van der Waals surface area contributed by atoms with Crippen LogP contribution in [0.4, 0.5) is 0 Å². The molecular formula is C21H20ClN3O2S. The van der Waals surface area contributed by atoms with Crippen LogP contribution in [0, 0.1) is 0 Å². The van der Waals surface area contributed by atoms with Crippen molar-refractivity contribution in [2.45, 2.75) is 24.0 Å². The quantitative estimate of drug-likeness (QED) is 0.785. The molecular weight excluding hydrogens is 394 g/mol. The van der Waals surface area contributed by atoms with Crippen molar-refractivity contribution in [3.8, 4) is 0 Å². The van der Waals surface area contributed by atoms with Crippen LogP contribution in [0.25, 0.3) is 0 Å². The van der Waals surface area contributed by atoms with Crippen LogP contribution in [-0.2, 0) is 14.9 Å². The van der Waals surface area contributed by atoms with E-state index in [0.717, 1.165) is 23.3 Å². The molecule has 1 aliphatic heterocycles. The van der Waals surface area contributed by atoms with Gasteiger partial charge in [0.05, 0.1) is 17.9 Å². The molecule has 144 valence electrons. The monoisotopic (exact) mass is 413 g/mol. The molecule has 2 aliphatic rings. The van der Waals surface area contributed by atoms with Gasteiger partial charge in [-0.1, -0.05) is 48.0 Å². The highest BCUT2D eigenvalue weighted by atomic mass is 35.5. The second-order valence-electron chi connectivity index (χ2n) is 6.81. The van der Waals surface area contributed by atoms with E-state index >= 15 is 0 Å². The van der Waals surface area contributed by atoms with E-state index < -0.39 is 17.4 Å². The summed E-state index contributed by atoms with van der Waals surface area (Å²) >= 11 is 7.92. The summed E-state index contributed by atoms with van der Waals surface area (Å²) < 4.78 is 5.53. The molecule has 3 N–H and O–H groups in total. The fourth-order valence-corrected chi connectivity index (χ4v) is 4.78. The minimum absolute atomic E-state index is 0.203. The molecule has 7 heteroatoms. The first-order chi connectivity index (χ1) is 13.5. The van der Waals surface area contributed by atoms with Crippen molar-refractivity contribution in [2.24, 2.45) is 10.8 Å². The van der Waals surface area contributed by atoms with Gasteiger partial charge in [0.1, 0.15) is 5.41 Å². The van der Waals surface area contributed by atoms with E-state index in [-0.39, 0.29) is 6.04 Å². The van der Waals surface area contributed by atoms with Crippen molar-refractivity contribution in [3.05, 3.63) is 81.0 Å². The van der Waals surface area contributed by atoms with Crippen LogP contribution < -0.4 is 11.2 Å². The van der Waals surface area contributed by atoms with Crippen LogP contribution in [0.3, 0.4) is 0 Å². The predicted octanol–water partition coefficient (Wildman–Crippen LogP) is 3.62. The summed E-state index contributed by atoms with van der Waals surface area (Å²) in [5.41, 5.74) is 10.6. The number of hydrogen-bond acceptors (Lipinski definition) is 5. The fraction of sp³-hybridized carbons (Fsp3) is 0.238. The standard InChI is InChI=1S/C21H20ClN3O2S/c1-27-19-9-8-15(22)12-21(19,20(23)26)14-6-4-13(5-7-14)16-11-17(25-24-16)18-3-2-10-28-18/h2-10,12,17,19,25H,11H2,1H3,(H2,23,26). The summed E-state index contributed by atoms with van der Waals surface area (Å²) in [4.78, 5) is 13.7. The van der Waals surface area contributed by atoms with Gasteiger partial charge in [-0.25, -0.2) is 0 Å². The Labute approximate surface area is 172 Å². The van der Waals surface area contributed by atoms with E-state index in [0.29, 0.717) is 5.03 Å². The second kappa shape index (κ2) is 7.54. The third-order valence-electron chi connectivity index (χ3n) is 5.24. The number of rotatable bonds is 5. The molecule has 5 nitrogen and oxygen atoms in total. The van der Waals surface area contributed by atoms with Crippen LogP contribution in [0.2, 0.25) is 0 Å². The van der Waals surface area contributed by atoms with Gasteiger partial charge in [-0.05, 0) is 34.7 Å². The third kappa shape index (κ3) is 3.17. The highest BCUT2D eigenvalue weighted by Gasteiger charge is 2.45. The maximum Gasteiger partial charge on any atom is 0.235 e. The maximum atomic E-state index is 12.5. The number of benzene rings is 1. The molecule has 4 rings (SSSR count). The molecule has 0 saturated heterocycles. The lowest BCUT2D eigenvalue weighted by Crippen LogP contribution is -2.50. The van der Waals surface area contributed by atoms with Crippen LogP contribution in [-0.4, -0.2) is 24.8 Å². The van der Waals surface area contributed by atoms with Gasteiger partial charge in [0, 0.05) is 23.4 Å². The van der Waals surface area contributed by atoms with E-state index in [2.05, 4.69) is 22.0 Å².